The van der Waals surface area contributed by atoms with Gasteiger partial charge in [-0.2, -0.15) is 0 Å². The molecule has 0 saturated heterocycles. The summed E-state index contributed by atoms with van der Waals surface area (Å²) in [5.41, 5.74) is 6.43. The second-order valence-corrected chi connectivity index (χ2v) is 15.8. The van der Waals surface area contributed by atoms with Gasteiger partial charge in [-0.1, -0.05) is 47.5 Å². The summed E-state index contributed by atoms with van der Waals surface area (Å²) in [5, 5.41) is 24.7. The molecule has 318 valence electrons. The SMILES string of the molecule is CCNC(=O)C[C@@H]1N=C(c2ccc(Cl)cc2)c2cc(OCCCCOc3ccc4c(c3)C(c3ccc(Cl)cc3)=N[C@@H](CC(=O)NCC)c3nnc(C)n3-4)ccc2-n2c(C)nnc21. The number of carbonyl (C=O) groups is 2. The third-order valence-corrected chi connectivity index (χ3v) is 11.1. The van der Waals surface area contributed by atoms with Gasteiger partial charge >= 0.3 is 0 Å². The fourth-order valence-corrected chi connectivity index (χ4v) is 8.01. The summed E-state index contributed by atoms with van der Waals surface area (Å²) in [6.07, 6.45) is 1.69. The van der Waals surface area contributed by atoms with Gasteiger partial charge in [-0.25, -0.2) is 0 Å². The topological polar surface area (TPSA) is 163 Å². The summed E-state index contributed by atoms with van der Waals surface area (Å²) < 4.78 is 16.6. The Labute approximate surface area is 369 Å². The quantitative estimate of drug-likeness (QED) is 0.0987. The first kappa shape index (κ1) is 42.3. The molecule has 2 aliphatic rings. The Hall–Kier alpha value is -6.38. The number of rotatable bonds is 15. The number of aryl methyl sites for hydroxylation is 2. The van der Waals surface area contributed by atoms with E-state index in [9.17, 15) is 9.59 Å². The van der Waals surface area contributed by atoms with Crippen LogP contribution in [0.15, 0.2) is 94.9 Å². The highest BCUT2D eigenvalue weighted by molar-refractivity contribution is 6.31. The average Bonchev–Trinajstić information content (AvgIpc) is 3.76. The number of fused-ring (bicyclic) bond motifs is 6. The van der Waals surface area contributed by atoms with Crippen molar-refractivity contribution in [2.45, 2.75) is 65.5 Å². The molecule has 4 aromatic carbocycles. The smallest absolute Gasteiger partial charge is 0.222 e. The van der Waals surface area contributed by atoms with Crippen LogP contribution in [0, 0.1) is 13.8 Å². The Balaban J connectivity index is 0.991. The summed E-state index contributed by atoms with van der Waals surface area (Å²) in [6, 6.07) is 25.7. The summed E-state index contributed by atoms with van der Waals surface area (Å²) in [6.45, 7) is 9.49. The molecule has 0 fully saturated rings. The monoisotopic (exact) mass is 872 g/mol. The average molecular weight is 874 g/mol. The largest absolute Gasteiger partial charge is 0.494 e. The van der Waals surface area contributed by atoms with E-state index in [-0.39, 0.29) is 24.7 Å². The van der Waals surface area contributed by atoms with Crippen LogP contribution in [-0.4, -0.2) is 79.1 Å². The lowest BCUT2D eigenvalue weighted by atomic mass is 10.00. The lowest BCUT2D eigenvalue weighted by molar-refractivity contribution is -0.122. The molecule has 2 aromatic heterocycles. The molecule has 2 aliphatic heterocycles. The van der Waals surface area contributed by atoms with Gasteiger partial charge in [0.25, 0.3) is 0 Å². The van der Waals surface area contributed by atoms with Gasteiger partial charge in [0, 0.05) is 45.4 Å². The van der Waals surface area contributed by atoms with Gasteiger partial charge in [0.2, 0.25) is 11.8 Å². The molecule has 4 heterocycles. The molecule has 0 aliphatic carbocycles. The molecule has 2 atom stereocenters. The van der Waals surface area contributed by atoms with Crippen molar-refractivity contribution in [3.05, 3.63) is 141 Å². The molecule has 16 heteroatoms. The number of hydrogen-bond acceptors (Lipinski definition) is 10. The van der Waals surface area contributed by atoms with Gasteiger partial charge in [0.1, 0.15) is 35.2 Å². The Morgan fingerprint density at radius 2 is 1.00 bits per heavy atom. The molecule has 0 radical (unpaired) electrons. The zero-order chi connectivity index (χ0) is 43.3. The highest BCUT2D eigenvalue weighted by Gasteiger charge is 2.32. The van der Waals surface area contributed by atoms with E-state index < -0.39 is 12.1 Å². The molecule has 0 spiro atoms. The minimum absolute atomic E-state index is 0.118. The number of carbonyl (C=O) groups excluding carboxylic acids is 2. The lowest BCUT2D eigenvalue weighted by Gasteiger charge is -2.16. The number of nitrogens with one attached hydrogen (secondary N) is 2. The summed E-state index contributed by atoms with van der Waals surface area (Å²) >= 11 is 12.6. The molecule has 0 saturated carbocycles. The fraction of sp³-hybridized carbons (Fsp3) is 0.304. The standard InChI is InChI=1S/C46H46Cl2N10O4/c1-5-49-41(59)25-37-45-55-53-27(3)57(45)39-19-17-33(23-35(39)43(51-37)29-9-13-31(47)14-10-29)61-21-7-8-22-62-34-18-20-40-36(24-34)44(30-11-15-32(48)16-12-30)52-38(26-42(60)50-6-2)46-56-54-28(4)58(40)46/h9-20,23-24,37-38H,5-8,21-22,25-26H2,1-4H3,(H,49,59)(H,50,60)/t37-,38-/m0/s1. The minimum atomic E-state index is -0.568. The first-order chi connectivity index (χ1) is 30.1. The molecule has 62 heavy (non-hydrogen) atoms. The van der Waals surface area contributed by atoms with Crippen LogP contribution in [0.2, 0.25) is 10.0 Å². The Morgan fingerprint density at radius 3 is 1.39 bits per heavy atom. The van der Waals surface area contributed by atoms with E-state index in [4.69, 9.17) is 42.7 Å². The van der Waals surface area contributed by atoms with Crippen LogP contribution in [0.5, 0.6) is 11.5 Å². The van der Waals surface area contributed by atoms with Crippen LogP contribution in [0.25, 0.3) is 11.4 Å². The van der Waals surface area contributed by atoms with Crippen molar-refractivity contribution >= 4 is 46.4 Å². The molecule has 2 amide bonds. The normalized spacial score (nSPS) is 15.1. The van der Waals surface area contributed by atoms with Crippen molar-refractivity contribution in [2.24, 2.45) is 9.98 Å². The second kappa shape index (κ2) is 18.7. The maximum Gasteiger partial charge on any atom is 0.222 e. The number of aromatic nitrogens is 6. The van der Waals surface area contributed by atoms with Crippen LogP contribution >= 0.6 is 23.2 Å². The molecule has 2 N–H and O–H groups in total. The van der Waals surface area contributed by atoms with E-state index >= 15 is 0 Å². The first-order valence-electron chi connectivity index (χ1n) is 20.7. The summed E-state index contributed by atoms with van der Waals surface area (Å²) in [7, 11) is 0. The van der Waals surface area contributed by atoms with E-state index in [0.29, 0.717) is 82.6 Å². The molecule has 0 unspecified atom stereocenters. The first-order valence-corrected chi connectivity index (χ1v) is 21.5. The highest BCUT2D eigenvalue weighted by atomic mass is 35.5. The predicted molar refractivity (Wildman–Crippen MR) is 239 cm³/mol. The Morgan fingerprint density at radius 1 is 0.597 bits per heavy atom. The number of benzene rings is 4. The van der Waals surface area contributed by atoms with Gasteiger partial charge < -0.3 is 20.1 Å². The van der Waals surface area contributed by atoms with Crippen molar-refractivity contribution in [3.63, 3.8) is 0 Å². The summed E-state index contributed by atoms with van der Waals surface area (Å²) in [4.78, 5) is 36.0. The molecular weight excluding hydrogens is 827 g/mol. The number of unbranched alkanes of at least 4 members (excludes halogenated alkanes) is 1. The van der Waals surface area contributed by atoms with E-state index in [0.717, 1.165) is 46.5 Å². The molecule has 14 nitrogen and oxygen atoms in total. The van der Waals surface area contributed by atoms with Crippen molar-refractivity contribution in [1.29, 1.82) is 0 Å². The van der Waals surface area contributed by atoms with Crippen molar-refractivity contribution in [1.82, 2.24) is 40.2 Å². The van der Waals surface area contributed by atoms with Crippen LogP contribution in [0.4, 0.5) is 0 Å². The van der Waals surface area contributed by atoms with Crippen LogP contribution in [0.1, 0.15) is 97.2 Å². The predicted octanol–water partition coefficient (Wildman–Crippen LogP) is 7.85. The van der Waals surface area contributed by atoms with Crippen LogP contribution < -0.4 is 20.1 Å². The minimum Gasteiger partial charge on any atom is -0.494 e. The summed E-state index contributed by atoms with van der Waals surface area (Å²) in [5.74, 6) is 3.67. The van der Waals surface area contributed by atoms with E-state index in [1.807, 2.05) is 122 Å². The number of halogens is 2. The number of hydrogen-bond donors (Lipinski definition) is 2. The highest BCUT2D eigenvalue weighted by Crippen LogP contribution is 2.36. The van der Waals surface area contributed by atoms with Gasteiger partial charge in [-0.15, -0.1) is 20.4 Å². The van der Waals surface area contributed by atoms with Gasteiger partial charge in [0.05, 0.1) is 48.9 Å². The third kappa shape index (κ3) is 8.97. The van der Waals surface area contributed by atoms with Gasteiger partial charge in [-0.3, -0.25) is 28.7 Å². The Bertz CT molecular complexity index is 2490. The molecule has 6 aromatic rings. The van der Waals surface area contributed by atoms with E-state index in [1.165, 1.54) is 0 Å². The zero-order valence-corrected chi connectivity index (χ0v) is 36.4. The third-order valence-electron chi connectivity index (χ3n) is 10.6. The second-order valence-electron chi connectivity index (χ2n) is 15.0. The van der Waals surface area contributed by atoms with E-state index in [1.54, 1.807) is 0 Å². The fourth-order valence-electron chi connectivity index (χ4n) is 7.75. The number of nitrogens with zero attached hydrogens (tertiary/aromatic N) is 8. The molecular formula is C46H46Cl2N10O4. The zero-order valence-electron chi connectivity index (χ0n) is 34.9. The number of ether oxygens (including phenoxy) is 2. The maximum absolute atomic E-state index is 12.9. The van der Waals surface area contributed by atoms with Crippen molar-refractivity contribution in [2.75, 3.05) is 26.3 Å². The van der Waals surface area contributed by atoms with Crippen LogP contribution in [0.3, 0.4) is 0 Å². The Kier molecular flexibility index (Phi) is 12.8. The van der Waals surface area contributed by atoms with Crippen molar-refractivity contribution in [3.8, 4) is 22.9 Å². The molecule has 8 rings (SSSR count). The number of amides is 2. The lowest BCUT2D eigenvalue weighted by Crippen LogP contribution is -2.25. The molecule has 0 bridgehead atoms. The van der Waals surface area contributed by atoms with Gasteiger partial charge in [-0.05, 0) is 101 Å². The van der Waals surface area contributed by atoms with Crippen LogP contribution in [-0.2, 0) is 9.59 Å². The van der Waals surface area contributed by atoms with Gasteiger partial charge in [0.15, 0.2) is 11.6 Å². The number of aliphatic imine (C=N–C) groups is 2. The maximum atomic E-state index is 12.9. The van der Waals surface area contributed by atoms with E-state index in [2.05, 4.69) is 31.0 Å². The van der Waals surface area contributed by atoms with Crippen molar-refractivity contribution < 1.29 is 19.1 Å².